The second-order valence-corrected chi connectivity index (χ2v) is 6.35. The van der Waals surface area contributed by atoms with Crippen LogP contribution in [-0.4, -0.2) is 61.0 Å². The molecule has 0 saturated carbocycles. The number of hydrogen-bond donors (Lipinski definition) is 0. The van der Waals surface area contributed by atoms with E-state index >= 15 is 0 Å². The van der Waals surface area contributed by atoms with Crippen molar-refractivity contribution in [3.63, 3.8) is 0 Å². The fourth-order valence-electron chi connectivity index (χ4n) is 2.78. The van der Waals surface area contributed by atoms with Crippen LogP contribution in [0, 0.1) is 12.7 Å². The van der Waals surface area contributed by atoms with Crippen LogP contribution in [-0.2, 0) is 0 Å². The minimum Gasteiger partial charge on any atom is -0.353 e. The minimum absolute atomic E-state index is 0.129. The Labute approximate surface area is 146 Å². The van der Waals surface area contributed by atoms with Gasteiger partial charge < -0.3 is 14.7 Å². The molecule has 7 heteroatoms. The van der Waals surface area contributed by atoms with Gasteiger partial charge in [-0.3, -0.25) is 4.79 Å². The molecule has 25 heavy (non-hydrogen) atoms. The molecule has 0 spiro atoms. The van der Waals surface area contributed by atoms with Crippen molar-refractivity contribution in [2.45, 2.75) is 6.92 Å². The number of rotatable bonds is 3. The van der Waals surface area contributed by atoms with E-state index < -0.39 is 0 Å². The van der Waals surface area contributed by atoms with E-state index in [-0.39, 0.29) is 11.7 Å². The van der Waals surface area contributed by atoms with E-state index in [1.54, 1.807) is 30.2 Å². The normalized spacial score (nSPS) is 14.6. The zero-order valence-electron chi connectivity index (χ0n) is 14.7. The molecule has 1 aromatic heterocycles. The number of benzene rings is 1. The first kappa shape index (κ1) is 17.1. The molecular formula is C18H22FN5O. The SMILES string of the molecule is Cc1ccc(C(=O)N2CCN(c3ccnc(N(C)C)n3)CC2)cc1F. The van der Waals surface area contributed by atoms with E-state index in [0.717, 1.165) is 5.82 Å². The molecule has 2 heterocycles. The fourth-order valence-corrected chi connectivity index (χ4v) is 2.78. The zero-order chi connectivity index (χ0) is 18.0. The number of nitrogens with zero attached hydrogens (tertiary/aromatic N) is 5. The van der Waals surface area contributed by atoms with E-state index in [2.05, 4.69) is 14.9 Å². The topological polar surface area (TPSA) is 52.6 Å². The third-order valence-electron chi connectivity index (χ3n) is 4.34. The van der Waals surface area contributed by atoms with Gasteiger partial charge in [-0.1, -0.05) is 6.07 Å². The predicted octanol–water partition coefficient (Wildman–Crippen LogP) is 1.95. The Hall–Kier alpha value is -2.70. The number of hydrogen-bond acceptors (Lipinski definition) is 5. The van der Waals surface area contributed by atoms with Crippen molar-refractivity contribution >= 4 is 17.7 Å². The molecule has 6 nitrogen and oxygen atoms in total. The van der Waals surface area contributed by atoms with Gasteiger partial charge in [0.2, 0.25) is 5.95 Å². The van der Waals surface area contributed by atoms with Gasteiger partial charge in [-0.2, -0.15) is 4.98 Å². The Morgan fingerprint density at radius 1 is 1.16 bits per heavy atom. The van der Waals surface area contributed by atoms with Crippen LogP contribution >= 0.6 is 0 Å². The van der Waals surface area contributed by atoms with Crippen molar-refractivity contribution < 1.29 is 9.18 Å². The Morgan fingerprint density at radius 2 is 1.88 bits per heavy atom. The highest BCUT2D eigenvalue weighted by Crippen LogP contribution is 2.18. The molecule has 132 valence electrons. The molecule has 0 unspecified atom stereocenters. The molecule has 0 atom stereocenters. The molecule has 0 bridgehead atoms. The number of aryl methyl sites for hydroxylation is 1. The number of aromatic nitrogens is 2. The Balaban J connectivity index is 1.66. The van der Waals surface area contributed by atoms with Crippen LogP contribution in [0.5, 0.6) is 0 Å². The maximum atomic E-state index is 13.7. The average molecular weight is 343 g/mol. The van der Waals surface area contributed by atoms with Crippen LogP contribution in [0.4, 0.5) is 16.2 Å². The van der Waals surface area contributed by atoms with Gasteiger partial charge >= 0.3 is 0 Å². The van der Waals surface area contributed by atoms with Gasteiger partial charge in [-0.15, -0.1) is 0 Å². The molecule has 1 aliphatic rings. The largest absolute Gasteiger partial charge is 0.353 e. The molecule has 0 radical (unpaired) electrons. The third kappa shape index (κ3) is 3.70. The maximum Gasteiger partial charge on any atom is 0.254 e. The van der Waals surface area contributed by atoms with Gasteiger partial charge in [-0.25, -0.2) is 9.37 Å². The summed E-state index contributed by atoms with van der Waals surface area (Å²) in [4.78, 5) is 27.1. The summed E-state index contributed by atoms with van der Waals surface area (Å²) in [7, 11) is 3.80. The summed E-state index contributed by atoms with van der Waals surface area (Å²) in [5.41, 5.74) is 0.940. The highest BCUT2D eigenvalue weighted by atomic mass is 19.1. The molecule has 1 saturated heterocycles. The highest BCUT2D eigenvalue weighted by molar-refractivity contribution is 5.94. The lowest BCUT2D eigenvalue weighted by molar-refractivity contribution is 0.0746. The number of amides is 1. The number of carbonyl (C=O) groups is 1. The smallest absolute Gasteiger partial charge is 0.254 e. The van der Waals surface area contributed by atoms with E-state index in [9.17, 15) is 9.18 Å². The third-order valence-corrected chi connectivity index (χ3v) is 4.34. The lowest BCUT2D eigenvalue weighted by Crippen LogP contribution is -2.49. The summed E-state index contributed by atoms with van der Waals surface area (Å²) < 4.78 is 13.7. The quantitative estimate of drug-likeness (QED) is 0.853. The molecule has 0 aliphatic carbocycles. The summed E-state index contributed by atoms with van der Waals surface area (Å²) >= 11 is 0. The lowest BCUT2D eigenvalue weighted by Gasteiger charge is -2.35. The summed E-state index contributed by atoms with van der Waals surface area (Å²) in [5.74, 6) is 1.04. The molecule has 2 aromatic rings. The van der Waals surface area contributed by atoms with E-state index in [0.29, 0.717) is 43.3 Å². The summed E-state index contributed by atoms with van der Waals surface area (Å²) in [6, 6.07) is 6.51. The van der Waals surface area contributed by atoms with Crippen LogP contribution in [0.25, 0.3) is 0 Å². The van der Waals surface area contributed by atoms with Crippen LogP contribution in [0.3, 0.4) is 0 Å². The monoisotopic (exact) mass is 343 g/mol. The van der Waals surface area contributed by atoms with Crippen LogP contribution < -0.4 is 9.80 Å². The molecule has 1 aliphatic heterocycles. The van der Waals surface area contributed by atoms with Gasteiger partial charge in [0.1, 0.15) is 11.6 Å². The number of carbonyl (C=O) groups excluding carboxylic acids is 1. The Morgan fingerprint density at radius 3 is 2.52 bits per heavy atom. The molecule has 1 aromatic carbocycles. The summed E-state index contributed by atoms with van der Waals surface area (Å²) in [6.45, 7) is 4.21. The molecule has 1 amide bonds. The van der Waals surface area contributed by atoms with Crippen molar-refractivity contribution in [2.24, 2.45) is 0 Å². The molecule has 1 fully saturated rings. The first-order valence-corrected chi connectivity index (χ1v) is 8.26. The van der Waals surface area contributed by atoms with Crippen molar-refractivity contribution in [3.8, 4) is 0 Å². The molecule has 0 N–H and O–H groups in total. The number of halogens is 1. The fraction of sp³-hybridized carbons (Fsp3) is 0.389. The van der Waals surface area contributed by atoms with Gasteiger partial charge in [0.05, 0.1) is 0 Å². The summed E-state index contributed by atoms with van der Waals surface area (Å²) in [5, 5.41) is 0. The van der Waals surface area contributed by atoms with Crippen molar-refractivity contribution in [2.75, 3.05) is 50.1 Å². The average Bonchev–Trinajstić information content (AvgIpc) is 2.63. The Kier molecular flexibility index (Phi) is 4.83. The van der Waals surface area contributed by atoms with Crippen LogP contribution in [0.2, 0.25) is 0 Å². The van der Waals surface area contributed by atoms with Crippen molar-refractivity contribution in [1.29, 1.82) is 0 Å². The second-order valence-electron chi connectivity index (χ2n) is 6.35. The van der Waals surface area contributed by atoms with Gasteiger partial charge in [-0.05, 0) is 30.7 Å². The standard InChI is InChI=1S/C18H22FN5O/c1-13-4-5-14(12-15(13)19)17(25)24-10-8-23(9-11-24)16-6-7-20-18(21-16)22(2)3/h4-7,12H,8-11H2,1-3H3. The first-order valence-electron chi connectivity index (χ1n) is 8.26. The number of piperazine rings is 1. The highest BCUT2D eigenvalue weighted by Gasteiger charge is 2.23. The van der Waals surface area contributed by atoms with Crippen LogP contribution in [0.1, 0.15) is 15.9 Å². The predicted molar refractivity (Wildman–Crippen MR) is 95.6 cm³/mol. The number of anilines is 2. The lowest BCUT2D eigenvalue weighted by atomic mass is 10.1. The Bertz CT molecular complexity index is 772. The van der Waals surface area contributed by atoms with Gasteiger partial charge in [0.25, 0.3) is 5.91 Å². The molecular weight excluding hydrogens is 321 g/mol. The zero-order valence-corrected chi connectivity index (χ0v) is 14.7. The van der Waals surface area contributed by atoms with Crippen molar-refractivity contribution in [3.05, 3.63) is 47.4 Å². The minimum atomic E-state index is -0.346. The van der Waals surface area contributed by atoms with E-state index in [4.69, 9.17) is 0 Å². The van der Waals surface area contributed by atoms with Crippen LogP contribution in [0.15, 0.2) is 30.5 Å². The maximum absolute atomic E-state index is 13.7. The van der Waals surface area contributed by atoms with Gasteiger partial charge in [0.15, 0.2) is 0 Å². The first-order chi connectivity index (χ1) is 12.0. The second kappa shape index (κ2) is 7.04. The van der Waals surface area contributed by atoms with E-state index in [1.807, 2.05) is 25.1 Å². The van der Waals surface area contributed by atoms with Crippen molar-refractivity contribution in [1.82, 2.24) is 14.9 Å². The summed E-state index contributed by atoms with van der Waals surface area (Å²) in [6.07, 6.45) is 1.74. The van der Waals surface area contributed by atoms with Gasteiger partial charge in [0, 0.05) is 52.0 Å². The van der Waals surface area contributed by atoms with E-state index in [1.165, 1.54) is 6.07 Å². The molecule has 3 rings (SSSR count).